The number of hydrogen-bond acceptors (Lipinski definition) is 6. The molecule has 0 aromatic carbocycles. The molecule has 0 fully saturated rings. The molecule has 0 aliphatic rings. The first-order valence-electron chi connectivity index (χ1n) is 6.80. The SMILES string of the molecule is CC(=O)C(CC(=O)O)NCC(C)(C)CNC(C=O)CC=O. The quantitative estimate of drug-likeness (QED) is 0.427. The second-order valence-corrected chi connectivity index (χ2v) is 5.83. The number of carbonyl (C=O) groups is 4. The molecule has 0 aromatic rings. The van der Waals surface area contributed by atoms with Crippen molar-refractivity contribution in [2.45, 2.75) is 45.7 Å². The maximum absolute atomic E-state index is 11.4. The molecule has 0 spiro atoms. The molecule has 2 unspecified atom stereocenters. The van der Waals surface area contributed by atoms with Crippen molar-refractivity contribution in [3.63, 3.8) is 0 Å². The average Bonchev–Trinajstić information content (AvgIpc) is 2.38. The van der Waals surface area contributed by atoms with Crippen molar-refractivity contribution in [1.82, 2.24) is 10.6 Å². The van der Waals surface area contributed by atoms with Crippen LogP contribution < -0.4 is 10.6 Å². The maximum Gasteiger partial charge on any atom is 0.305 e. The molecule has 7 nitrogen and oxygen atoms in total. The molecule has 0 amide bonds. The maximum atomic E-state index is 11.4. The van der Waals surface area contributed by atoms with Crippen molar-refractivity contribution in [2.24, 2.45) is 5.41 Å². The Balaban J connectivity index is 4.37. The Morgan fingerprint density at radius 3 is 2.19 bits per heavy atom. The fourth-order valence-electron chi connectivity index (χ4n) is 1.69. The third kappa shape index (κ3) is 9.04. The van der Waals surface area contributed by atoms with E-state index in [1.54, 1.807) is 0 Å². The highest BCUT2D eigenvalue weighted by Gasteiger charge is 2.24. The highest BCUT2D eigenvalue weighted by molar-refractivity contribution is 5.85. The number of hydrogen-bond donors (Lipinski definition) is 3. The molecule has 0 rings (SSSR count). The molecule has 0 bridgehead atoms. The fraction of sp³-hybridized carbons (Fsp3) is 0.714. The van der Waals surface area contributed by atoms with Crippen molar-refractivity contribution in [2.75, 3.05) is 13.1 Å². The van der Waals surface area contributed by atoms with Gasteiger partial charge in [-0.2, -0.15) is 0 Å². The van der Waals surface area contributed by atoms with E-state index in [9.17, 15) is 19.2 Å². The van der Waals surface area contributed by atoms with E-state index in [0.717, 1.165) is 0 Å². The van der Waals surface area contributed by atoms with Crippen molar-refractivity contribution >= 4 is 24.3 Å². The van der Waals surface area contributed by atoms with Crippen molar-refractivity contribution in [3.8, 4) is 0 Å². The van der Waals surface area contributed by atoms with Crippen LogP contribution in [-0.4, -0.2) is 54.6 Å². The molecule has 0 aliphatic heterocycles. The van der Waals surface area contributed by atoms with Gasteiger partial charge in [0.15, 0.2) is 0 Å². The van der Waals surface area contributed by atoms with E-state index in [1.807, 2.05) is 13.8 Å². The van der Waals surface area contributed by atoms with Gasteiger partial charge < -0.3 is 25.3 Å². The van der Waals surface area contributed by atoms with Crippen LogP contribution in [-0.2, 0) is 19.2 Å². The molecular formula is C14H24N2O5. The summed E-state index contributed by atoms with van der Waals surface area (Å²) in [6, 6.07) is -1.25. The largest absolute Gasteiger partial charge is 0.481 e. The molecule has 0 heterocycles. The normalized spacial score (nSPS) is 14.2. The summed E-state index contributed by atoms with van der Waals surface area (Å²) in [7, 11) is 0. The predicted molar refractivity (Wildman–Crippen MR) is 77.0 cm³/mol. The van der Waals surface area contributed by atoms with Crippen LogP contribution in [0.1, 0.15) is 33.6 Å². The van der Waals surface area contributed by atoms with E-state index in [1.165, 1.54) is 6.92 Å². The Bertz CT molecular complexity index is 382. The molecule has 21 heavy (non-hydrogen) atoms. The van der Waals surface area contributed by atoms with E-state index >= 15 is 0 Å². The van der Waals surface area contributed by atoms with Crippen LogP contribution in [0.15, 0.2) is 0 Å². The molecule has 0 radical (unpaired) electrons. The van der Waals surface area contributed by atoms with Crippen LogP contribution >= 0.6 is 0 Å². The zero-order chi connectivity index (χ0) is 16.5. The van der Waals surface area contributed by atoms with Gasteiger partial charge in [0, 0.05) is 19.5 Å². The molecular weight excluding hydrogens is 276 g/mol. The minimum atomic E-state index is -1.04. The zero-order valence-electron chi connectivity index (χ0n) is 12.7. The lowest BCUT2D eigenvalue weighted by Gasteiger charge is -2.28. The summed E-state index contributed by atoms with van der Waals surface area (Å²) in [5, 5.41) is 14.7. The lowest BCUT2D eigenvalue weighted by Crippen LogP contribution is -2.47. The Morgan fingerprint density at radius 1 is 1.19 bits per heavy atom. The van der Waals surface area contributed by atoms with E-state index in [-0.39, 0.29) is 24.0 Å². The summed E-state index contributed by atoms with van der Waals surface area (Å²) in [6.45, 7) is 6.03. The molecule has 0 aliphatic carbocycles. The first kappa shape index (κ1) is 19.4. The van der Waals surface area contributed by atoms with Crippen LogP contribution in [0.4, 0.5) is 0 Å². The first-order valence-corrected chi connectivity index (χ1v) is 6.80. The van der Waals surface area contributed by atoms with Gasteiger partial charge in [0.1, 0.15) is 18.4 Å². The van der Waals surface area contributed by atoms with Crippen LogP contribution in [0, 0.1) is 5.41 Å². The van der Waals surface area contributed by atoms with Gasteiger partial charge in [0.2, 0.25) is 0 Å². The van der Waals surface area contributed by atoms with Gasteiger partial charge in [-0.05, 0) is 12.3 Å². The number of aliphatic carboxylic acids is 1. The second kappa shape index (κ2) is 9.36. The summed E-state index contributed by atoms with van der Waals surface area (Å²) in [5.74, 6) is -1.27. The van der Waals surface area contributed by atoms with E-state index < -0.39 is 18.1 Å². The summed E-state index contributed by atoms with van der Waals surface area (Å²) in [5.41, 5.74) is -0.309. The lowest BCUT2D eigenvalue weighted by molar-refractivity contribution is -0.139. The minimum absolute atomic E-state index is 0.113. The molecule has 7 heteroatoms. The van der Waals surface area contributed by atoms with Crippen LogP contribution in [0.5, 0.6) is 0 Å². The van der Waals surface area contributed by atoms with E-state index in [2.05, 4.69) is 10.6 Å². The molecule has 2 atom stereocenters. The number of carboxylic acid groups (broad SMARTS) is 1. The molecule has 0 saturated carbocycles. The highest BCUT2D eigenvalue weighted by Crippen LogP contribution is 2.13. The third-order valence-electron chi connectivity index (χ3n) is 3.05. The topological polar surface area (TPSA) is 113 Å². The lowest BCUT2D eigenvalue weighted by atomic mass is 9.92. The predicted octanol–water partition coefficient (Wildman–Crippen LogP) is -0.219. The van der Waals surface area contributed by atoms with Gasteiger partial charge in [0.05, 0.1) is 18.5 Å². The molecule has 0 saturated heterocycles. The van der Waals surface area contributed by atoms with E-state index in [4.69, 9.17) is 5.11 Å². The van der Waals surface area contributed by atoms with Gasteiger partial charge in [0.25, 0.3) is 0 Å². The molecule has 0 aromatic heterocycles. The van der Waals surface area contributed by atoms with Gasteiger partial charge in [-0.25, -0.2) is 0 Å². The van der Waals surface area contributed by atoms with Gasteiger partial charge >= 0.3 is 5.97 Å². The number of carbonyl (C=O) groups excluding carboxylic acids is 3. The van der Waals surface area contributed by atoms with Crippen molar-refractivity contribution < 1.29 is 24.3 Å². The summed E-state index contributed by atoms with van der Waals surface area (Å²) < 4.78 is 0. The smallest absolute Gasteiger partial charge is 0.305 e. The minimum Gasteiger partial charge on any atom is -0.481 e. The highest BCUT2D eigenvalue weighted by atomic mass is 16.4. The molecule has 120 valence electrons. The molecule has 3 N–H and O–H groups in total. The summed E-state index contributed by atoms with van der Waals surface area (Å²) >= 11 is 0. The Kier molecular flexibility index (Phi) is 8.64. The van der Waals surface area contributed by atoms with Crippen LogP contribution in [0.3, 0.4) is 0 Å². The van der Waals surface area contributed by atoms with Crippen LogP contribution in [0.2, 0.25) is 0 Å². The van der Waals surface area contributed by atoms with Crippen molar-refractivity contribution in [3.05, 3.63) is 0 Å². The Hall–Kier alpha value is -1.60. The van der Waals surface area contributed by atoms with Gasteiger partial charge in [-0.3, -0.25) is 9.59 Å². The average molecular weight is 300 g/mol. The number of nitrogens with one attached hydrogen (secondary N) is 2. The number of rotatable bonds is 12. The van der Waals surface area contributed by atoms with Gasteiger partial charge in [-0.1, -0.05) is 13.8 Å². The van der Waals surface area contributed by atoms with E-state index in [0.29, 0.717) is 25.7 Å². The number of Topliss-reactive ketones (excluding diaryl/α,β-unsaturated/α-hetero) is 1. The fourth-order valence-corrected chi connectivity index (χ4v) is 1.69. The van der Waals surface area contributed by atoms with Crippen LogP contribution in [0.25, 0.3) is 0 Å². The zero-order valence-corrected chi connectivity index (χ0v) is 12.7. The first-order chi connectivity index (χ1) is 9.71. The summed E-state index contributed by atoms with van der Waals surface area (Å²) in [6.07, 6.45) is 1.21. The summed E-state index contributed by atoms with van der Waals surface area (Å²) in [4.78, 5) is 43.2. The number of aldehydes is 2. The standard InChI is InChI=1S/C14H24N2O5/c1-10(19)12(6-13(20)21)16-9-14(2,3)8-15-11(7-18)4-5-17/h5,7,11-12,15-16H,4,6,8-9H2,1-3H3,(H,20,21). The monoisotopic (exact) mass is 300 g/mol. The van der Waals surface area contributed by atoms with Crippen molar-refractivity contribution in [1.29, 1.82) is 0 Å². The Labute approximate surface area is 124 Å². The number of carboxylic acids is 1. The third-order valence-corrected chi connectivity index (χ3v) is 3.05. The van der Waals surface area contributed by atoms with Gasteiger partial charge in [-0.15, -0.1) is 0 Å². The number of ketones is 1. The Morgan fingerprint density at radius 2 is 1.76 bits per heavy atom. The second-order valence-electron chi connectivity index (χ2n) is 5.83.